The van der Waals surface area contributed by atoms with Crippen LogP contribution in [0.1, 0.15) is 64.5 Å². The predicted molar refractivity (Wildman–Crippen MR) is 91.8 cm³/mol. The van der Waals surface area contributed by atoms with E-state index in [0.717, 1.165) is 16.8 Å². The summed E-state index contributed by atoms with van der Waals surface area (Å²) < 4.78 is 0. The van der Waals surface area contributed by atoms with Crippen LogP contribution in [0.5, 0.6) is 0 Å². The minimum atomic E-state index is -0.0594. The SMILES string of the molecule is Cc1cc(C)nc(NC(=O)c2csc(C3CCCCC3)c2)c1. The lowest BCUT2D eigenvalue weighted by Crippen LogP contribution is -2.12. The number of carbonyl (C=O) groups is 1. The van der Waals surface area contributed by atoms with Crippen LogP contribution in [-0.4, -0.2) is 10.9 Å². The van der Waals surface area contributed by atoms with Crippen molar-refractivity contribution in [1.29, 1.82) is 0 Å². The van der Waals surface area contributed by atoms with E-state index in [1.165, 1.54) is 37.0 Å². The number of carbonyl (C=O) groups excluding carboxylic acids is 1. The van der Waals surface area contributed by atoms with E-state index < -0.39 is 0 Å². The molecule has 3 nitrogen and oxygen atoms in total. The number of anilines is 1. The summed E-state index contributed by atoms with van der Waals surface area (Å²) in [4.78, 5) is 18.1. The molecule has 2 heterocycles. The van der Waals surface area contributed by atoms with Gasteiger partial charge < -0.3 is 5.32 Å². The maximum atomic E-state index is 12.4. The molecule has 0 aliphatic heterocycles. The smallest absolute Gasteiger partial charge is 0.257 e. The fourth-order valence-electron chi connectivity index (χ4n) is 3.17. The molecular formula is C18H22N2OS. The molecule has 0 bridgehead atoms. The molecule has 0 atom stereocenters. The fourth-order valence-corrected chi connectivity index (χ4v) is 4.23. The van der Waals surface area contributed by atoms with Crippen LogP contribution in [0.3, 0.4) is 0 Å². The molecule has 1 saturated carbocycles. The van der Waals surface area contributed by atoms with Gasteiger partial charge in [-0.3, -0.25) is 4.79 Å². The minimum absolute atomic E-state index is 0.0594. The van der Waals surface area contributed by atoms with Gasteiger partial charge in [0.1, 0.15) is 5.82 Å². The van der Waals surface area contributed by atoms with Gasteiger partial charge in [0.05, 0.1) is 5.56 Å². The summed E-state index contributed by atoms with van der Waals surface area (Å²) in [7, 11) is 0. The Morgan fingerprint density at radius 3 is 2.68 bits per heavy atom. The molecule has 4 heteroatoms. The molecule has 0 radical (unpaired) electrons. The van der Waals surface area contributed by atoms with Gasteiger partial charge in [0.15, 0.2) is 0 Å². The molecule has 0 unspecified atom stereocenters. The van der Waals surface area contributed by atoms with Crippen molar-refractivity contribution in [2.75, 3.05) is 5.32 Å². The van der Waals surface area contributed by atoms with Crippen molar-refractivity contribution in [3.05, 3.63) is 45.3 Å². The summed E-state index contributed by atoms with van der Waals surface area (Å²) in [6, 6.07) is 5.97. The lowest BCUT2D eigenvalue weighted by molar-refractivity contribution is 0.102. The summed E-state index contributed by atoms with van der Waals surface area (Å²) in [6.07, 6.45) is 6.52. The maximum absolute atomic E-state index is 12.4. The van der Waals surface area contributed by atoms with Crippen molar-refractivity contribution in [3.8, 4) is 0 Å². The lowest BCUT2D eigenvalue weighted by atomic mass is 9.88. The Kier molecular flexibility index (Phi) is 4.57. The highest BCUT2D eigenvalue weighted by Gasteiger charge is 2.19. The van der Waals surface area contributed by atoms with Gasteiger partial charge in [-0.2, -0.15) is 0 Å². The van der Waals surface area contributed by atoms with Gasteiger partial charge in [0.25, 0.3) is 5.91 Å². The molecule has 3 rings (SSSR count). The number of amides is 1. The first-order chi connectivity index (χ1) is 10.6. The second kappa shape index (κ2) is 6.61. The van der Waals surface area contributed by atoms with Crippen molar-refractivity contribution in [2.45, 2.75) is 51.9 Å². The average molecular weight is 314 g/mol. The quantitative estimate of drug-likeness (QED) is 0.860. The van der Waals surface area contributed by atoms with Gasteiger partial charge in [-0.05, 0) is 56.4 Å². The Hall–Kier alpha value is -1.68. The van der Waals surface area contributed by atoms with Gasteiger partial charge in [0.2, 0.25) is 0 Å². The standard InChI is InChI=1S/C18H22N2OS/c1-12-8-13(2)19-17(9-12)20-18(21)15-10-16(22-11-15)14-6-4-3-5-7-14/h8-11,14H,3-7H2,1-2H3,(H,19,20,21). The first kappa shape index (κ1) is 15.2. The summed E-state index contributed by atoms with van der Waals surface area (Å²) >= 11 is 1.72. The first-order valence-corrected chi connectivity index (χ1v) is 8.85. The monoisotopic (exact) mass is 314 g/mol. The average Bonchev–Trinajstić information content (AvgIpc) is 2.97. The van der Waals surface area contributed by atoms with Crippen molar-refractivity contribution in [1.82, 2.24) is 4.98 Å². The maximum Gasteiger partial charge on any atom is 0.257 e. The van der Waals surface area contributed by atoms with Crippen LogP contribution in [0.2, 0.25) is 0 Å². The Labute approximate surface area is 135 Å². The van der Waals surface area contributed by atoms with Crippen molar-refractivity contribution < 1.29 is 4.79 Å². The predicted octanol–water partition coefficient (Wildman–Crippen LogP) is 5.06. The molecule has 1 amide bonds. The van der Waals surface area contributed by atoms with Crippen LogP contribution >= 0.6 is 11.3 Å². The minimum Gasteiger partial charge on any atom is -0.307 e. The zero-order valence-corrected chi connectivity index (χ0v) is 14.0. The number of hydrogen-bond donors (Lipinski definition) is 1. The molecular weight excluding hydrogens is 292 g/mol. The van der Waals surface area contributed by atoms with Crippen LogP contribution in [-0.2, 0) is 0 Å². The van der Waals surface area contributed by atoms with Crippen LogP contribution in [0, 0.1) is 13.8 Å². The van der Waals surface area contributed by atoms with Crippen LogP contribution < -0.4 is 5.32 Å². The molecule has 116 valence electrons. The van der Waals surface area contributed by atoms with E-state index in [1.54, 1.807) is 11.3 Å². The molecule has 22 heavy (non-hydrogen) atoms. The van der Waals surface area contributed by atoms with Crippen LogP contribution in [0.25, 0.3) is 0 Å². The normalized spacial score (nSPS) is 15.7. The largest absolute Gasteiger partial charge is 0.307 e. The van der Waals surface area contributed by atoms with Crippen molar-refractivity contribution in [3.63, 3.8) is 0 Å². The Morgan fingerprint density at radius 1 is 1.18 bits per heavy atom. The van der Waals surface area contributed by atoms with Crippen LogP contribution in [0.15, 0.2) is 23.6 Å². The van der Waals surface area contributed by atoms with E-state index in [9.17, 15) is 4.79 Å². The molecule has 0 saturated heterocycles. The second-order valence-corrected chi connectivity index (χ2v) is 7.14. The molecule has 1 aliphatic carbocycles. The van der Waals surface area contributed by atoms with Gasteiger partial charge in [0, 0.05) is 16.0 Å². The number of aryl methyl sites for hydroxylation is 2. The zero-order chi connectivity index (χ0) is 15.5. The summed E-state index contributed by atoms with van der Waals surface area (Å²) in [5.74, 6) is 1.23. The van der Waals surface area contributed by atoms with Gasteiger partial charge in [-0.1, -0.05) is 19.3 Å². The number of hydrogen-bond acceptors (Lipinski definition) is 3. The van der Waals surface area contributed by atoms with Crippen molar-refractivity contribution >= 4 is 23.1 Å². The zero-order valence-electron chi connectivity index (χ0n) is 13.2. The van der Waals surface area contributed by atoms with Crippen LogP contribution in [0.4, 0.5) is 5.82 Å². The molecule has 2 aromatic heterocycles. The van der Waals surface area contributed by atoms with E-state index in [0.29, 0.717) is 11.7 Å². The van der Waals surface area contributed by atoms with E-state index in [4.69, 9.17) is 0 Å². The number of nitrogens with one attached hydrogen (secondary N) is 1. The summed E-state index contributed by atoms with van der Waals surface area (Å²) in [5.41, 5.74) is 2.78. The molecule has 0 spiro atoms. The van der Waals surface area contributed by atoms with Gasteiger partial charge in [-0.25, -0.2) is 4.98 Å². The van der Waals surface area contributed by atoms with E-state index in [1.807, 2.05) is 31.4 Å². The second-order valence-electron chi connectivity index (χ2n) is 6.20. The van der Waals surface area contributed by atoms with E-state index in [-0.39, 0.29) is 5.91 Å². The topological polar surface area (TPSA) is 42.0 Å². The first-order valence-electron chi connectivity index (χ1n) is 7.97. The molecule has 2 aromatic rings. The highest BCUT2D eigenvalue weighted by Crippen LogP contribution is 2.36. The number of nitrogens with zero attached hydrogens (tertiary/aromatic N) is 1. The lowest BCUT2D eigenvalue weighted by Gasteiger charge is -2.19. The van der Waals surface area contributed by atoms with Gasteiger partial charge in [-0.15, -0.1) is 11.3 Å². The number of thiophene rings is 1. The summed E-state index contributed by atoms with van der Waals surface area (Å²) in [6.45, 7) is 3.95. The number of aromatic nitrogens is 1. The van der Waals surface area contributed by atoms with E-state index >= 15 is 0 Å². The third-order valence-electron chi connectivity index (χ3n) is 4.23. The highest BCUT2D eigenvalue weighted by molar-refractivity contribution is 7.10. The Balaban J connectivity index is 1.71. The Bertz CT molecular complexity index is 651. The molecule has 1 fully saturated rings. The van der Waals surface area contributed by atoms with Crippen molar-refractivity contribution in [2.24, 2.45) is 0 Å². The highest BCUT2D eigenvalue weighted by atomic mass is 32.1. The Morgan fingerprint density at radius 2 is 1.95 bits per heavy atom. The molecule has 1 N–H and O–H groups in total. The van der Waals surface area contributed by atoms with E-state index in [2.05, 4.69) is 16.4 Å². The number of rotatable bonds is 3. The third kappa shape index (κ3) is 3.55. The third-order valence-corrected chi connectivity index (χ3v) is 5.32. The molecule has 0 aromatic carbocycles. The molecule has 1 aliphatic rings. The number of pyridine rings is 1. The fraction of sp³-hybridized carbons (Fsp3) is 0.444. The van der Waals surface area contributed by atoms with Gasteiger partial charge >= 0.3 is 0 Å². The summed E-state index contributed by atoms with van der Waals surface area (Å²) in [5, 5.41) is 4.89.